The summed E-state index contributed by atoms with van der Waals surface area (Å²) < 4.78 is 30.4. The van der Waals surface area contributed by atoms with Gasteiger partial charge in [-0.1, -0.05) is 12.1 Å². The Bertz CT molecular complexity index is 666. The highest BCUT2D eigenvalue weighted by Gasteiger charge is 2.10. The van der Waals surface area contributed by atoms with E-state index < -0.39 is 6.61 Å². The predicted molar refractivity (Wildman–Crippen MR) is 63.9 cm³/mol. The summed E-state index contributed by atoms with van der Waals surface area (Å²) in [7, 11) is 0. The van der Waals surface area contributed by atoms with Crippen LogP contribution in [-0.2, 0) is 0 Å². The van der Waals surface area contributed by atoms with Crippen LogP contribution < -0.4 is 10.3 Å². The lowest BCUT2D eigenvalue weighted by Gasteiger charge is -2.12. The van der Waals surface area contributed by atoms with Crippen LogP contribution in [0.4, 0.5) is 8.78 Å². The second-order valence-electron chi connectivity index (χ2n) is 3.33. The standard InChI is InChI=1S/C11H8F2N2O2S/c12-10(13)17-8-4-2-1-3-7(8)15-6-5-9(16)14-11(15)18/h1-6,10H,(H,14,16,18). The minimum absolute atomic E-state index is 0.0179. The van der Waals surface area contributed by atoms with Gasteiger partial charge in [0.15, 0.2) is 4.77 Å². The minimum atomic E-state index is -2.93. The Kier molecular flexibility index (Phi) is 3.52. The third-order valence-corrected chi connectivity index (χ3v) is 2.46. The molecule has 0 aliphatic carbocycles. The van der Waals surface area contributed by atoms with E-state index in [9.17, 15) is 13.6 Å². The van der Waals surface area contributed by atoms with Gasteiger partial charge in [-0.25, -0.2) is 0 Å². The molecule has 0 saturated carbocycles. The van der Waals surface area contributed by atoms with Gasteiger partial charge in [-0.15, -0.1) is 0 Å². The molecular weight excluding hydrogens is 262 g/mol. The molecule has 18 heavy (non-hydrogen) atoms. The number of aromatic nitrogens is 2. The van der Waals surface area contributed by atoms with Gasteiger partial charge >= 0.3 is 6.61 Å². The summed E-state index contributed by atoms with van der Waals surface area (Å²) in [4.78, 5) is 13.4. The largest absolute Gasteiger partial charge is 0.433 e. The zero-order valence-electron chi connectivity index (χ0n) is 8.97. The van der Waals surface area contributed by atoms with E-state index in [4.69, 9.17) is 12.2 Å². The van der Waals surface area contributed by atoms with Crippen molar-refractivity contribution in [3.63, 3.8) is 0 Å². The fourth-order valence-corrected chi connectivity index (χ4v) is 1.72. The van der Waals surface area contributed by atoms with E-state index >= 15 is 0 Å². The zero-order valence-corrected chi connectivity index (χ0v) is 9.79. The Morgan fingerprint density at radius 3 is 2.67 bits per heavy atom. The average molecular weight is 270 g/mol. The number of aromatic amines is 1. The second kappa shape index (κ2) is 5.09. The molecule has 0 aliphatic rings. The predicted octanol–water partition coefficient (Wildman–Crippen LogP) is 2.50. The molecule has 4 nitrogen and oxygen atoms in total. The highest BCUT2D eigenvalue weighted by Crippen LogP contribution is 2.23. The molecule has 1 heterocycles. The number of alkyl halides is 2. The first kappa shape index (κ1) is 12.4. The third kappa shape index (κ3) is 2.62. The van der Waals surface area contributed by atoms with Crippen molar-refractivity contribution in [2.24, 2.45) is 0 Å². The molecule has 1 aromatic heterocycles. The van der Waals surface area contributed by atoms with Crippen molar-refractivity contribution in [2.45, 2.75) is 6.61 Å². The second-order valence-corrected chi connectivity index (χ2v) is 3.71. The van der Waals surface area contributed by atoms with Crippen LogP contribution in [0.15, 0.2) is 41.3 Å². The van der Waals surface area contributed by atoms with E-state index in [-0.39, 0.29) is 16.1 Å². The van der Waals surface area contributed by atoms with Crippen molar-refractivity contribution in [3.05, 3.63) is 51.7 Å². The maximum atomic E-state index is 12.3. The van der Waals surface area contributed by atoms with Crippen LogP contribution in [0, 0.1) is 4.77 Å². The minimum Gasteiger partial charge on any atom is -0.433 e. The van der Waals surface area contributed by atoms with Crippen molar-refractivity contribution >= 4 is 12.2 Å². The van der Waals surface area contributed by atoms with Crippen molar-refractivity contribution in [1.82, 2.24) is 9.55 Å². The SMILES string of the molecule is O=c1ccn(-c2ccccc2OC(F)F)c(=S)[nH]1. The molecule has 0 aliphatic heterocycles. The summed E-state index contributed by atoms with van der Waals surface area (Å²) in [5, 5.41) is 0. The molecule has 1 N–H and O–H groups in total. The molecule has 0 fully saturated rings. The Morgan fingerprint density at radius 2 is 2.00 bits per heavy atom. The molecular formula is C11H8F2N2O2S. The van der Waals surface area contributed by atoms with Crippen LogP contribution in [0.2, 0.25) is 0 Å². The first-order valence-corrected chi connectivity index (χ1v) is 5.35. The number of hydrogen-bond donors (Lipinski definition) is 1. The van der Waals surface area contributed by atoms with Crippen LogP contribution >= 0.6 is 12.2 Å². The molecule has 0 saturated heterocycles. The van der Waals surface area contributed by atoms with E-state index in [0.29, 0.717) is 5.69 Å². The van der Waals surface area contributed by atoms with Gasteiger partial charge in [0.1, 0.15) is 5.75 Å². The number of para-hydroxylation sites is 2. The van der Waals surface area contributed by atoms with E-state index in [2.05, 4.69) is 9.72 Å². The number of halogens is 2. The third-order valence-electron chi connectivity index (χ3n) is 2.16. The summed E-state index contributed by atoms with van der Waals surface area (Å²) >= 11 is 4.96. The van der Waals surface area contributed by atoms with Crippen LogP contribution in [0.3, 0.4) is 0 Å². The number of benzene rings is 1. The smallest absolute Gasteiger partial charge is 0.387 e. The summed E-state index contributed by atoms with van der Waals surface area (Å²) in [6.07, 6.45) is 1.40. The van der Waals surface area contributed by atoms with E-state index in [0.717, 1.165) is 0 Å². The van der Waals surface area contributed by atoms with E-state index in [1.807, 2.05) is 0 Å². The van der Waals surface area contributed by atoms with Gasteiger partial charge in [0.2, 0.25) is 0 Å². The molecule has 0 unspecified atom stereocenters. The highest BCUT2D eigenvalue weighted by molar-refractivity contribution is 7.71. The van der Waals surface area contributed by atoms with Crippen LogP contribution in [0.5, 0.6) is 5.75 Å². The molecule has 0 spiro atoms. The van der Waals surface area contributed by atoms with Crippen molar-refractivity contribution in [2.75, 3.05) is 0 Å². The summed E-state index contributed by atoms with van der Waals surface area (Å²) in [6, 6.07) is 7.42. The van der Waals surface area contributed by atoms with Crippen LogP contribution in [0.1, 0.15) is 0 Å². The lowest BCUT2D eigenvalue weighted by Crippen LogP contribution is -2.11. The molecule has 0 amide bonds. The van der Waals surface area contributed by atoms with Crippen LogP contribution in [-0.4, -0.2) is 16.2 Å². The Hall–Kier alpha value is -2.02. The maximum Gasteiger partial charge on any atom is 0.387 e. The van der Waals surface area contributed by atoms with E-state index in [1.165, 1.54) is 22.9 Å². The molecule has 0 atom stereocenters. The normalized spacial score (nSPS) is 10.6. The maximum absolute atomic E-state index is 12.3. The molecule has 7 heteroatoms. The van der Waals surface area contributed by atoms with E-state index in [1.54, 1.807) is 18.2 Å². The number of ether oxygens (including phenoxy) is 1. The lowest BCUT2D eigenvalue weighted by molar-refractivity contribution is -0.0498. The monoisotopic (exact) mass is 270 g/mol. The first-order valence-electron chi connectivity index (χ1n) is 4.94. The molecule has 2 rings (SSSR count). The number of H-pyrrole nitrogens is 1. The zero-order chi connectivity index (χ0) is 13.1. The quantitative estimate of drug-likeness (QED) is 0.872. The Labute approximate surface area is 105 Å². The molecule has 2 aromatic rings. The summed E-state index contributed by atoms with van der Waals surface area (Å²) in [6.45, 7) is -2.93. The van der Waals surface area contributed by atoms with Gasteiger partial charge in [0, 0.05) is 12.3 Å². The fourth-order valence-electron chi connectivity index (χ4n) is 1.46. The fraction of sp³-hybridized carbons (Fsp3) is 0.0909. The Morgan fingerprint density at radius 1 is 1.28 bits per heavy atom. The van der Waals surface area contributed by atoms with Gasteiger partial charge in [0.25, 0.3) is 5.56 Å². The number of hydrogen-bond acceptors (Lipinski definition) is 3. The number of rotatable bonds is 3. The van der Waals surface area contributed by atoms with Crippen LogP contribution in [0.25, 0.3) is 5.69 Å². The first-order chi connectivity index (χ1) is 8.58. The number of nitrogens with one attached hydrogen (secondary N) is 1. The highest BCUT2D eigenvalue weighted by atomic mass is 32.1. The van der Waals surface area contributed by atoms with Crippen molar-refractivity contribution < 1.29 is 13.5 Å². The topological polar surface area (TPSA) is 47.0 Å². The van der Waals surface area contributed by atoms with Gasteiger partial charge in [-0.2, -0.15) is 8.78 Å². The van der Waals surface area contributed by atoms with Gasteiger partial charge in [0.05, 0.1) is 5.69 Å². The molecule has 1 aromatic carbocycles. The van der Waals surface area contributed by atoms with Gasteiger partial charge < -0.3 is 4.74 Å². The lowest BCUT2D eigenvalue weighted by atomic mass is 10.3. The number of nitrogens with zero attached hydrogens (tertiary/aromatic N) is 1. The Balaban J connectivity index is 2.56. The van der Waals surface area contributed by atoms with Crippen molar-refractivity contribution in [1.29, 1.82) is 0 Å². The average Bonchev–Trinajstić information content (AvgIpc) is 2.30. The van der Waals surface area contributed by atoms with Crippen molar-refractivity contribution in [3.8, 4) is 11.4 Å². The van der Waals surface area contributed by atoms with Gasteiger partial charge in [-0.05, 0) is 24.4 Å². The molecule has 94 valence electrons. The summed E-state index contributed by atoms with van der Waals surface area (Å²) in [5.74, 6) is -0.0179. The molecule has 0 bridgehead atoms. The summed E-state index contributed by atoms with van der Waals surface area (Å²) in [5.41, 5.74) is -0.0254. The van der Waals surface area contributed by atoms with Gasteiger partial charge in [-0.3, -0.25) is 14.3 Å². The molecule has 0 radical (unpaired) electrons.